The molecule has 1 heterocycles. The summed E-state index contributed by atoms with van der Waals surface area (Å²) in [6.45, 7) is 1.94. The maximum Gasteiger partial charge on any atom is 0.213 e. The Bertz CT molecular complexity index is 514. The van der Waals surface area contributed by atoms with E-state index in [1.165, 1.54) is 0 Å². The van der Waals surface area contributed by atoms with Crippen LogP contribution in [0.5, 0.6) is 0 Å². The summed E-state index contributed by atoms with van der Waals surface area (Å²) < 4.78 is 16.2. The van der Waals surface area contributed by atoms with E-state index in [1.807, 2.05) is 42.9 Å². The fourth-order valence-corrected chi connectivity index (χ4v) is 2.81. The molecular formula is C13H12FIN+. The number of rotatable bonds is 1. The molecule has 16 heavy (non-hydrogen) atoms. The number of pyridine rings is 1. The van der Waals surface area contributed by atoms with Gasteiger partial charge in [-0.2, -0.15) is 0 Å². The third-order valence-electron chi connectivity index (χ3n) is 2.56. The minimum atomic E-state index is -0.177. The predicted octanol–water partition coefficient (Wildman–Crippen LogP) is 3.23. The number of aryl methyl sites for hydroxylation is 2. The van der Waals surface area contributed by atoms with Crippen LogP contribution in [0.4, 0.5) is 4.39 Å². The van der Waals surface area contributed by atoms with Crippen molar-refractivity contribution in [3.05, 3.63) is 51.5 Å². The molecule has 0 amide bonds. The van der Waals surface area contributed by atoms with Crippen molar-refractivity contribution < 1.29 is 8.96 Å². The highest BCUT2D eigenvalue weighted by molar-refractivity contribution is 14.1. The highest BCUT2D eigenvalue weighted by Crippen LogP contribution is 2.27. The van der Waals surface area contributed by atoms with E-state index in [0.29, 0.717) is 0 Å². The molecule has 0 spiro atoms. The topological polar surface area (TPSA) is 3.88 Å². The van der Waals surface area contributed by atoms with Crippen molar-refractivity contribution in [1.29, 1.82) is 0 Å². The minimum absolute atomic E-state index is 0.177. The summed E-state index contributed by atoms with van der Waals surface area (Å²) in [5.41, 5.74) is 3.17. The Labute approximate surface area is 108 Å². The molecule has 0 N–H and O–H groups in total. The van der Waals surface area contributed by atoms with E-state index < -0.39 is 0 Å². The van der Waals surface area contributed by atoms with Gasteiger partial charge in [-0.1, -0.05) is 0 Å². The third-order valence-corrected chi connectivity index (χ3v) is 3.41. The maximum absolute atomic E-state index is 13.2. The van der Waals surface area contributed by atoms with E-state index in [9.17, 15) is 4.39 Å². The average molecular weight is 328 g/mol. The Morgan fingerprint density at radius 3 is 2.62 bits per heavy atom. The van der Waals surface area contributed by atoms with Gasteiger partial charge in [0.05, 0.1) is 5.56 Å². The van der Waals surface area contributed by atoms with E-state index in [0.717, 1.165) is 20.4 Å². The lowest BCUT2D eigenvalue weighted by Crippen LogP contribution is -2.30. The molecule has 3 heteroatoms. The first kappa shape index (κ1) is 11.5. The number of nitrogens with zero attached hydrogens (tertiary/aromatic N) is 1. The zero-order valence-corrected chi connectivity index (χ0v) is 11.3. The van der Waals surface area contributed by atoms with Crippen LogP contribution < -0.4 is 4.57 Å². The largest absolute Gasteiger partial charge is 0.213 e. The molecule has 0 saturated heterocycles. The zero-order valence-electron chi connectivity index (χ0n) is 9.17. The second-order valence-electron chi connectivity index (χ2n) is 3.78. The lowest BCUT2D eigenvalue weighted by molar-refractivity contribution is -0.660. The molecule has 0 aliphatic heterocycles. The predicted molar refractivity (Wildman–Crippen MR) is 70.5 cm³/mol. The van der Waals surface area contributed by atoms with Gasteiger partial charge in [0.1, 0.15) is 12.9 Å². The molecule has 2 rings (SSSR count). The van der Waals surface area contributed by atoms with Gasteiger partial charge in [-0.15, -0.1) is 0 Å². The summed E-state index contributed by atoms with van der Waals surface area (Å²) in [4.78, 5) is 0. The number of hydrogen-bond donors (Lipinski definition) is 0. The van der Waals surface area contributed by atoms with Crippen LogP contribution in [0, 0.1) is 16.3 Å². The summed E-state index contributed by atoms with van der Waals surface area (Å²) in [5.74, 6) is -0.177. The van der Waals surface area contributed by atoms with Crippen LogP contribution in [0.15, 0.2) is 36.5 Å². The molecule has 82 valence electrons. The van der Waals surface area contributed by atoms with Crippen LogP contribution in [-0.2, 0) is 7.05 Å². The molecule has 2 aromatic rings. The first-order chi connectivity index (χ1) is 7.59. The minimum Gasteiger partial charge on any atom is -0.207 e. The van der Waals surface area contributed by atoms with E-state index in [1.54, 1.807) is 12.1 Å². The monoisotopic (exact) mass is 328 g/mol. The van der Waals surface area contributed by atoms with E-state index in [2.05, 4.69) is 22.6 Å². The summed E-state index contributed by atoms with van der Waals surface area (Å²) in [5, 5.41) is 0. The zero-order chi connectivity index (χ0) is 11.7. The fourth-order valence-electron chi connectivity index (χ4n) is 1.81. The number of aromatic nitrogens is 1. The lowest BCUT2D eigenvalue weighted by Gasteiger charge is -2.06. The van der Waals surface area contributed by atoms with Gasteiger partial charge in [0, 0.05) is 15.7 Å². The van der Waals surface area contributed by atoms with Crippen LogP contribution in [0.1, 0.15) is 5.56 Å². The van der Waals surface area contributed by atoms with Gasteiger partial charge in [0.2, 0.25) is 5.69 Å². The molecule has 0 aliphatic rings. The third kappa shape index (κ3) is 2.09. The quantitative estimate of drug-likeness (QED) is 0.559. The molecule has 0 atom stereocenters. The van der Waals surface area contributed by atoms with Crippen molar-refractivity contribution in [3.63, 3.8) is 0 Å². The van der Waals surface area contributed by atoms with Gasteiger partial charge >= 0.3 is 0 Å². The van der Waals surface area contributed by atoms with Crippen molar-refractivity contribution in [3.8, 4) is 11.3 Å². The van der Waals surface area contributed by atoms with Gasteiger partial charge in [0.25, 0.3) is 0 Å². The standard InChI is InChI=1S/C13H12FIN/c1-9-7-10(14)8-11(15)13(9)12-5-3-4-6-16(12)2/h3-8H,1-2H3/q+1. The Kier molecular flexibility index (Phi) is 3.23. The molecule has 0 aliphatic carbocycles. The lowest BCUT2D eigenvalue weighted by atomic mass is 10.0. The molecule has 0 unspecified atom stereocenters. The summed E-state index contributed by atoms with van der Waals surface area (Å²) in [7, 11) is 1.99. The van der Waals surface area contributed by atoms with Gasteiger partial charge in [0.15, 0.2) is 6.20 Å². The molecule has 0 bridgehead atoms. The highest BCUT2D eigenvalue weighted by atomic mass is 127. The fraction of sp³-hybridized carbons (Fsp3) is 0.154. The first-order valence-corrected chi connectivity index (χ1v) is 6.08. The first-order valence-electron chi connectivity index (χ1n) is 5.00. The smallest absolute Gasteiger partial charge is 0.207 e. The van der Waals surface area contributed by atoms with E-state index in [4.69, 9.17) is 0 Å². The van der Waals surface area contributed by atoms with E-state index >= 15 is 0 Å². The highest BCUT2D eigenvalue weighted by Gasteiger charge is 2.15. The molecule has 0 saturated carbocycles. The molecule has 1 nitrogen and oxygen atoms in total. The van der Waals surface area contributed by atoms with Crippen LogP contribution in [0.25, 0.3) is 11.3 Å². The Morgan fingerprint density at radius 2 is 2.00 bits per heavy atom. The van der Waals surface area contributed by atoms with Gasteiger partial charge in [-0.25, -0.2) is 8.96 Å². The van der Waals surface area contributed by atoms with Gasteiger partial charge in [-0.05, 0) is 53.3 Å². The summed E-state index contributed by atoms with van der Waals surface area (Å²) in [6.07, 6.45) is 1.99. The number of halogens is 2. The molecule has 0 radical (unpaired) electrons. The van der Waals surface area contributed by atoms with Crippen LogP contribution >= 0.6 is 22.6 Å². The molecular weight excluding hydrogens is 316 g/mol. The van der Waals surface area contributed by atoms with Crippen molar-refractivity contribution in [2.75, 3.05) is 0 Å². The summed E-state index contributed by atoms with van der Waals surface area (Å²) >= 11 is 2.18. The van der Waals surface area contributed by atoms with Crippen LogP contribution in [-0.4, -0.2) is 0 Å². The summed E-state index contributed by atoms with van der Waals surface area (Å²) in [6, 6.07) is 9.16. The number of hydrogen-bond acceptors (Lipinski definition) is 0. The second kappa shape index (κ2) is 4.49. The normalized spacial score (nSPS) is 10.5. The molecule has 0 fully saturated rings. The van der Waals surface area contributed by atoms with Crippen molar-refractivity contribution in [2.24, 2.45) is 7.05 Å². The maximum atomic E-state index is 13.2. The van der Waals surface area contributed by atoms with E-state index in [-0.39, 0.29) is 5.82 Å². The van der Waals surface area contributed by atoms with Crippen molar-refractivity contribution in [2.45, 2.75) is 6.92 Å². The second-order valence-corrected chi connectivity index (χ2v) is 4.94. The molecule has 1 aromatic heterocycles. The average Bonchev–Trinajstić information content (AvgIpc) is 2.19. The Balaban J connectivity index is 2.70. The Morgan fingerprint density at radius 1 is 1.25 bits per heavy atom. The van der Waals surface area contributed by atoms with Crippen LogP contribution in [0.2, 0.25) is 0 Å². The Hall–Kier alpha value is -0.970. The van der Waals surface area contributed by atoms with Gasteiger partial charge < -0.3 is 0 Å². The van der Waals surface area contributed by atoms with Gasteiger partial charge in [-0.3, -0.25) is 0 Å². The number of benzene rings is 1. The van der Waals surface area contributed by atoms with Crippen molar-refractivity contribution >= 4 is 22.6 Å². The van der Waals surface area contributed by atoms with Crippen LogP contribution in [0.3, 0.4) is 0 Å². The molecule has 1 aromatic carbocycles. The SMILES string of the molecule is Cc1cc(F)cc(I)c1-c1cccc[n+]1C. The van der Waals surface area contributed by atoms with Crippen molar-refractivity contribution in [1.82, 2.24) is 0 Å².